The summed E-state index contributed by atoms with van der Waals surface area (Å²) >= 11 is 0. The van der Waals surface area contributed by atoms with Crippen molar-refractivity contribution in [2.75, 3.05) is 0 Å². The Kier molecular flexibility index (Phi) is 8810. The quantitative estimate of drug-likeness (QED) is 0.442. The van der Waals surface area contributed by atoms with Crippen LogP contribution in [0.1, 0.15) is 0 Å². The Labute approximate surface area is 46.6 Å². The van der Waals surface area contributed by atoms with Crippen molar-refractivity contribution in [3.63, 3.8) is 0 Å². The largest absolute Gasteiger partial charge is 0.269 e. The van der Waals surface area contributed by atoms with Gasteiger partial charge in [-0.1, -0.05) is 0 Å². The molecule has 0 saturated carbocycles. The molecule has 0 unspecified atom stereocenters. The van der Waals surface area contributed by atoms with E-state index < -0.39 is 0 Å². The number of hydrogen-bond donors (Lipinski definition) is 0. The molecule has 0 aromatic heterocycles. The van der Waals surface area contributed by atoms with E-state index in [1.54, 1.807) is 0 Å². The van der Waals surface area contributed by atoms with Crippen molar-refractivity contribution in [3.8, 4) is 0 Å². The molecule has 0 aliphatic heterocycles. The smallest absolute Gasteiger partial charge is 0 e. The number of rotatable bonds is 0. The molecule has 0 nitrogen and oxygen atoms in total. The van der Waals surface area contributed by atoms with Gasteiger partial charge in [0.1, 0.15) is 0 Å². The molecule has 0 N–H and O–H groups in total. The number of halogens is 4. The first-order valence-electron chi connectivity index (χ1n) is 0. The fourth-order valence-corrected chi connectivity index (χ4v) is 0. The van der Waals surface area contributed by atoms with Crippen LogP contribution in [0.15, 0.2) is 0 Å². The third-order valence-electron chi connectivity index (χ3n) is 0. The van der Waals surface area contributed by atoms with Crippen LogP contribution in [0, 0.1) is 0 Å². The van der Waals surface area contributed by atoms with Crippen molar-refractivity contribution < 1.29 is 18.8 Å². The number of hydrogen-bond acceptors (Lipinski definition) is 0. The minimum absolute atomic E-state index is 0. The molecule has 0 heterocycles. The van der Waals surface area contributed by atoms with Crippen molar-refractivity contribution in [1.82, 2.24) is 0 Å². The van der Waals surface area contributed by atoms with Crippen LogP contribution < -0.4 is 0 Å². The van der Waals surface area contributed by atoms with Crippen LogP contribution in [-0.4, -0.2) is 27.3 Å². The first-order valence-corrected chi connectivity index (χ1v) is 0. The Hall–Kier alpha value is 0.642. The van der Waals surface area contributed by atoms with Crippen LogP contribution in [0.25, 0.3) is 0 Å². The summed E-state index contributed by atoms with van der Waals surface area (Å²) in [5, 5.41) is 0. The van der Waals surface area contributed by atoms with E-state index in [4.69, 9.17) is 0 Å². The topological polar surface area (TPSA) is 0 Å². The summed E-state index contributed by atoms with van der Waals surface area (Å²) in [6.45, 7) is 0. The van der Waals surface area contributed by atoms with E-state index in [0.717, 1.165) is 0 Å². The second-order valence-electron chi connectivity index (χ2n) is 0. The van der Waals surface area contributed by atoms with Gasteiger partial charge in [-0.3, -0.25) is 18.8 Å². The van der Waals surface area contributed by atoms with Crippen LogP contribution in [0.3, 0.4) is 0 Å². The van der Waals surface area contributed by atoms with E-state index in [1.807, 2.05) is 0 Å². The van der Waals surface area contributed by atoms with Crippen molar-refractivity contribution in [1.29, 1.82) is 0 Å². The third kappa shape index (κ3) is 78.6. The van der Waals surface area contributed by atoms with Gasteiger partial charge in [-0.25, -0.2) is 0 Å². The molecule has 0 atom stereocenters. The Balaban J connectivity index is 0. The van der Waals surface area contributed by atoms with Crippen molar-refractivity contribution in [2.24, 2.45) is 0 Å². The molecule has 36 valence electrons. The zero-order valence-corrected chi connectivity index (χ0v) is 6.02. The summed E-state index contributed by atoms with van der Waals surface area (Å²) < 4.78 is 0. The third-order valence-corrected chi connectivity index (χ3v) is 0. The fourth-order valence-electron chi connectivity index (χ4n) is 0. The maximum atomic E-state index is 0. The molecule has 0 aromatic rings. The van der Waals surface area contributed by atoms with Crippen molar-refractivity contribution in [2.45, 2.75) is 0 Å². The Morgan fingerprint density at radius 3 is 0.400 bits per heavy atom. The van der Waals surface area contributed by atoms with E-state index in [2.05, 4.69) is 0 Å². The van der Waals surface area contributed by atoms with Gasteiger partial charge in [-0.15, -0.1) is 0 Å². The van der Waals surface area contributed by atoms with E-state index >= 15 is 0 Å². The van der Waals surface area contributed by atoms with Crippen LogP contribution in [0.5, 0.6) is 0 Å². The van der Waals surface area contributed by atoms with Crippen LogP contribution in [0.2, 0.25) is 0 Å². The maximum Gasteiger partial charge on any atom is 0 e. The summed E-state index contributed by atoms with van der Waals surface area (Å²) in [5.41, 5.74) is 0. The van der Waals surface area contributed by atoms with Gasteiger partial charge in [0.05, 0.1) is 0 Å². The summed E-state index contributed by atoms with van der Waals surface area (Å²) in [5.74, 6) is 0. The summed E-state index contributed by atoms with van der Waals surface area (Å²) in [7, 11) is 0. The second-order valence-corrected chi connectivity index (χ2v) is 0. The zero-order chi connectivity index (χ0) is 0. The predicted molar refractivity (Wildman–Crippen MR) is 15.8 cm³/mol. The van der Waals surface area contributed by atoms with Crippen molar-refractivity contribution in [3.05, 3.63) is 0 Å². The van der Waals surface area contributed by atoms with Gasteiger partial charge in [0.25, 0.3) is 0 Å². The standard InChI is InChI=1S/4FH.Pb/h4*1H;. The maximum absolute atomic E-state index is 0. The molecule has 0 rings (SSSR count). The molecule has 5 heavy (non-hydrogen) atoms. The fraction of sp³-hybridized carbons (Fsp3) is 0. The molecule has 0 bridgehead atoms. The van der Waals surface area contributed by atoms with Crippen LogP contribution in [-0.2, 0) is 0 Å². The normalized spacial score (nSPS) is 0. The predicted octanol–water partition coefficient (Wildman–Crippen LogP) is 0.229. The van der Waals surface area contributed by atoms with Gasteiger partial charge in [0.15, 0.2) is 0 Å². The molecule has 0 aliphatic carbocycles. The molecule has 0 fully saturated rings. The van der Waals surface area contributed by atoms with Crippen LogP contribution in [0.4, 0.5) is 18.8 Å². The van der Waals surface area contributed by atoms with E-state index in [9.17, 15) is 0 Å². The Morgan fingerprint density at radius 2 is 0.400 bits per heavy atom. The van der Waals surface area contributed by atoms with Gasteiger partial charge in [0, 0.05) is 27.3 Å². The van der Waals surface area contributed by atoms with E-state index in [-0.39, 0.29) is 46.1 Å². The summed E-state index contributed by atoms with van der Waals surface area (Å²) in [6, 6.07) is 0. The van der Waals surface area contributed by atoms with Crippen molar-refractivity contribution >= 4 is 27.3 Å². The average molecular weight is 287 g/mol. The average Bonchev–Trinajstić information content (AvgIpc) is 0. The molecule has 0 spiro atoms. The second kappa shape index (κ2) is 149. The minimum atomic E-state index is 0. The molecule has 5 heteroatoms. The van der Waals surface area contributed by atoms with Gasteiger partial charge in [-0.05, 0) is 0 Å². The minimum Gasteiger partial charge on any atom is -0.269 e. The van der Waals surface area contributed by atoms with Crippen LogP contribution >= 0.6 is 0 Å². The molecule has 0 amide bonds. The summed E-state index contributed by atoms with van der Waals surface area (Å²) in [4.78, 5) is 0. The monoisotopic (exact) mass is 288 g/mol. The molecule has 0 aromatic carbocycles. The van der Waals surface area contributed by atoms with Gasteiger partial charge >= 0.3 is 0 Å². The Morgan fingerprint density at radius 1 is 0.400 bits per heavy atom. The van der Waals surface area contributed by atoms with E-state index in [1.165, 1.54) is 0 Å². The Bertz CT molecular complexity index is 3.61. The molecule has 0 aliphatic rings. The molecule has 4 radical (unpaired) electrons. The molecular formula is H4F4Pb. The molecule has 0 saturated heterocycles. The first-order chi connectivity index (χ1) is 0. The zero-order valence-electron chi connectivity index (χ0n) is 2.13. The summed E-state index contributed by atoms with van der Waals surface area (Å²) in [6.07, 6.45) is 0. The first kappa shape index (κ1) is 295. The van der Waals surface area contributed by atoms with E-state index in [0.29, 0.717) is 0 Å². The van der Waals surface area contributed by atoms with Gasteiger partial charge in [0.2, 0.25) is 0 Å². The van der Waals surface area contributed by atoms with Gasteiger partial charge in [-0.2, -0.15) is 0 Å². The molecular weight excluding hydrogens is 283 g/mol. The van der Waals surface area contributed by atoms with Gasteiger partial charge < -0.3 is 0 Å². The SMILES string of the molecule is F.F.F.F.[Pb].